The zero-order valence-corrected chi connectivity index (χ0v) is 16.1. The van der Waals surface area contributed by atoms with Crippen molar-refractivity contribution >= 4 is 16.8 Å². The molecule has 0 spiro atoms. The molecular weight excluding hydrogens is 360 g/mol. The maximum Gasteiger partial charge on any atom is 0.255 e. The highest BCUT2D eigenvalue weighted by Crippen LogP contribution is 2.49. The molecule has 3 aromatic carbocycles. The van der Waals surface area contributed by atoms with E-state index in [0.29, 0.717) is 6.54 Å². The van der Waals surface area contributed by atoms with Gasteiger partial charge in [-0.3, -0.25) is 4.79 Å². The summed E-state index contributed by atoms with van der Waals surface area (Å²) in [5.74, 6) is 1.07. The molecule has 0 aliphatic carbocycles. The Bertz CT molecular complexity index is 1260. The van der Waals surface area contributed by atoms with Gasteiger partial charge in [-0.25, -0.2) is 0 Å². The van der Waals surface area contributed by atoms with Crippen LogP contribution in [0, 0.1) is 0 Å². The number of fused-ring (bicyclic) bond motifs is 7. The van der Waals surface area contributed by atoms with Gasteiger partial charge in [0.1, 0.15) is 5.75 Å². The quantitative estimate of drug-likeness (QED) is 0.539. The first-order chi connectivity index (χ1) is 14.3. The number of aromatic nitrogens is 1. The first kappa shape index (κ1) is 16.4. The van der Waals surface area contributed by atoms with Crippen molar-refractivity contribution in [3.8, 4) is 5.75 Å². The summed E-state index contributed by atoms with van der Waals surface area (Å²) in [7, 11) is 1.68. The van der Waals surface area contributed by atoms with E-state index >= 15 is 0 Å². The normalized spacial score (nSPS) is 19.8. The van der Waals surface area contributed by atoms with E-state index in [1.165, 1.54) is 16.5 Å². The summed E-state index contributed by atoms with van der Waals surface area (Å²) in [6.45, 7) is 0.666. The smallest absolute Gasteiger partial charge is 0.255 e. The van der Waals surface area contributed by atoms with Crippen molar-refractivity contribution in [2.45, 2.75) is 12.0 Å². The third-order valence-corrected chi connectivity index (χ3v) is 6.35. The molecule has 3 heterocycles. The minimum Gasteiger partial charge on any atom is -0.497 e. The number of nitrogens with zero attached hydrogens (tertiary/aromatic N) is 1. The van der Waals surface area contributed by atoms with Gasteiger partial charge in [0.05, 0.1) is 13.2 Å². The van der Waals surface area contributed by atoms with E-state index in [0.717, 1.165) is 28.1 Å². The molecule has 0 radical (unpaired) electrons. The van der Waals surface area contributed by atoms with Gasteiger partial charge in [-0.05, 0) is 41.0 Å². The first-order valence-corrected chi connectivity index (χ1v) is 9.90. The van der Waals surface area contributed by atoms with Crippen LogP contribution < -0.4 is 4.74 Å². The number of ether oxygens (including phenoxy) is 1. The first-order valence-electron chi connectivity index (χ1n) is 9.90. The lowest BCUT2D eigenvalue weighted by molar-refractivity contribution is 0.0727. The second-order valence-corrected chi connectivity index (χ2v) is 7.77. The number of H-pyrrole nitrogens is 1. The Kier molecular flexibility index (Phi) is 3.39. The lowest BCUT2D eigenvalue weighted by Gasteiger charge is -2.36. The standard InChI is InChI=1S/C25H20N2O2/c1-29-16-12-10-15(11-13-16)20-14-27-24(17-6-2-3-7-18(17)25(27)28)23-22(20)19-8-4-5-9-21(19)26-23/h2-13,20,24,26H,14H2,1H3/t20-,24-/m0/s1. The van der Waals surface area contributed by atoms with E-state index in [2.05, 4.69) is 47.4 Å². The van der Waals surface area contributed by atoms with Crippen LogP contribution in [0.25, 0.3) is 10.9 Å². The fourth-order valence-corrected chi connectivity index (χ4v) is 5.04. The SMILES string of the molecule is COc1ccc([C@@H]2CN3C(=O)c4ccccc4[C@H]3c3[nH]c4ccccc4c32)cc1. The van der Waals surface area contributed by atoms with Gasteiger partial charge in [-0.1, -0.05) is 48.5 Å². The van der Waals surface area contributed by atoms with Crippen LogP contribution in [0.15, 0.2) is 72.8 Å². The highest BCUT2D eigenvalue weighted by Gasteiger charge is 2.45. The number of benzene rings is 3. The zero-order chi connectivity index (χ0) is 19.5. The highest BCUT2D eigenvalue weighted by molar-refractivity contribution is 6.01. The average molecular weight is 380 g/mol. The summed E-state index contributed by atoms with van der Waals surface area (Å²) in [6.07, 6.45) is 0. The molecule has 142 valence electrons. The molecule has 2 atom stereocenters. The molecule has 0 bridgehead atoms. The van der Waals surface area contributed by atoms with E-state index in [4.69, 9.17) is 4.74 Å². The lowest BCUT2D eigenvalue weighted by Crippen LogP contribution is -2.37. The van der Waals surface area contributed by atoms with E-state index in [9.17, 15) is 4.79 Å². The third-order valence-electron chi connectivity index (χ3n) is 6.35. The Morgan fingerprint density at radius 1 is 0.966 bits per heavy atom. The van der Waals surface area contributed by atoms with Crippen LogP contribution in [-0.2, 0) is 0 Å². The Morgan fingerprint density at radius 2 is 1.72 bits per heavy atom. The van der Waals surface area contributed by atoms with E-state index in [-0.39, 0.29) is 17.9 Å². The molecule has 0 saturated heterocycles. The van der Waals surface area contributed by atoms with Crippen molar-refractivity contribution in [3.63, 3.8) is 0 Å². The summed E-state index contributed by atoms with van der Waals surface area (Å²) in [5.41, 5.74) is 6.66. The van der Waals surface area contributed by atoms with Gasteiger partial charge in [0.2, 0.25) is 0 Å². The molecule has 4 heteroatoms. The van der Waals surface area contributed by atoms with Crippen molar-refractivity contribution in [1.29, 1.82) is 0 Å². The van der Waals surface area contributed by atoms with Crippen LogP contribution in [0.1, 0.15) is 44.7 Å². The third kappa shape index (κ3) is 2.23. The van der Waals surface area contributed by atoms with Crippen LogP contribution in [0.5, 0.6) is 5.75 Å². The molecule has 4 aromatic rings. The molecule has 2 aliphatic rings. The van der Waals surface area contributed by atoms with E-state index in [1.54, 1.807) is 7.11 Å². The Hall–Kier alpha value is -3.53. The predicted molar refractivity (Wildman–Crippen MR) is 112 cm³/mol. The topological polar surface area (TPSA) is 45.3 Å². The largest absolute Gasteiger partial charge is 0.497 e. The van der Waals surface area contributed by atoms with Gasteiger partial charge in [0, 0.05) is 34.6 Å². The van der Waals surface area contributed by atoms with Crippen LogP contribution in [0.4, 0.5) is 0 Å². The minimum absolute atomic E-state index is 0.0457. The van der Waals surface area contributed by atoms with Gasteiger partial charge in [-0.15, -0.1) is 0 Å². The number of para-hydroxylation sites is 1. The van der Waals surface area contributed by atoms with Crippen molar-refractivity contribution in [1.82, 2.24) is 9.88 Å². The summed E-state index contributed by atoms with van der Waals surface area (Å²) in [6, 6.07) is 24.6. The molecule has 1 N–H and O–H groups in total. The van der Waals surface area contributed by atoms with Gasteiger partial charge in [-0.2, -0.15) is 0 Å². The summed E-state index contributed by atoms with van der Waals surface area (Å²) < 4.78 is 5.34. The van der Waals surface area contributed by atoms with Crippen LogP contribution in [0.3, 0.4) is 0 Å². The summed E-state index contributed by atoms with van der Waals surface area (Å²) in [5, 5.41) is 1.24. The maximum atomic E-state index is 13.2. The van der Waals surface area contributed by atoms with Crippen molar-refractivity contribution < 1.29 is 9.53 Å². The Labute approximate surface area is 168 Å². The van der Waals surface area contributed by atoms with Gasteiger partial charge < -0.3 is 14.6 Å². The number of methoxy groups -OCH3 is 1. The molecule has 1 aromatic heterocycles. The number of carbonyl (C=O) groups is 1. The predicted octanol–water partition coefficient (Wildman–Crippen LogP) is 4.87. The zero-order valence-electron chi connectivity index (χ0n) is 16.1. The lowest BCUT2D eigenvalue weighted by atomic mass is 9.83. The van der Waals surface area contributed by atoms with Crippen molar-refractivity contribution in [2.24, 2.45) is 0 Å². The highest BCUT2D eigenvalue weighted by atomic mass is 16.5. The molecule has 6 rings (SSSR count). The maximum absolute atomic E-state index is 13.2. The number of aromatic amines is 1. The van der Waals surface area contributed by atoms with Crippen LogP contribution >= 0.6 is 0 Å². The Balaban J connectivity index is 1.60. The molecular formula is C25H20N2O2. The van der Waals surface area contributed by atoms with Gasteiger partial charge in [0.15, 0.2) is 0 Å². The summed E-state index contributed by atoms with van der Waals surface area (Å²) >= 11 is 0. The minimum atomic E-state index is -0.0457. The number of rotatable bonds is 2. The van der Waals surface area contributed by atoms with E-state index in [1.807, 2.05) is 35.2 Å². The number of amides is 1. The number of nitrogens with one attached hydrogen (secondary N) is 1. The second kappa shape index (κ2) is 5.98. The van der Waals surface area contributed by atoms with Gasteiger partial charge >= 0.3 is 0 Å². The average Bonchev–Trinajstić information content (AvgIpc) is 3.30. The van der Waals surface area contributed by atoms with Gasteiger partial charge in [0.25, 0.3) is 5.91 Å². The van der Waals surface area contributed by atoms with E-state index < -0.39 is 0 Å². The number of carbonyl (C=O) groups excluding carboxylic acids is 1. The molecule has 2 aliphatic heterocycles. The van der Waals surface area contributed by atoms with Crippen molar-refractivity contribution in [3.05, 3.63) is 101 Å². The molecule has 1 amide bonds. The Morgan fingerprint density at radius 3 is 2.55 bits per heavy atom. The fourth-order valence-electron chi connectivity index (χ4n) is 5.04. The molecule has 0 unspecified atom stereocenters. The molecule has 4 nitrogen and oxygen atoms in total. The summed E-state index contributed by atoms with van der Waals surface area (Å²) in [4.78, 5) is 18.9. The molecule has 0 fully saturated rings. The molecule has 29 heavy (non-hydrogen) atoms. The van der Waals surface area contributed by atoms with Crippen molar-refractivity contribution in [2.75, 3.05) is 13.7 Å². The molecule has 0 saturated carbocycles. The van der Waals surface area contributed by atoms with Crippen LogP contribution in [0.2, 0.25) is 0 Å². The van der Waals surface area contributed by atoms with Crippen LogP contribution in [-0.4, -0.2) is 29.4 Å². The number of hydrogen-bond donors (Lipinski definition) is 1. The number of hydrogen-bond acceptors (Lipinski definition) is 2. The second-order valence-electron chi connectivity index (χ2n) is 7.77. The fraction of sp³-hybridized carbons (Fsp3) is 0.160. The monoisotopic (exact) mass is 380 g/mol.